The van der Waals surface area contributed by atoms with E-state index < -0.39 is 28.9 Å². The van der Waals surface area contributed by atoms with E-state index in [4.69, 9.17) is 19.9 Å². The maximum absolute atomic E-state index is 12.4. The third-order valence-corrected chi connectivity index (χ3v) is 10.1. The van der Waals surface area contributed by atoms with Crippen LogP contribution in [0.5, 0.6) is 17.2 Å². The van der Waals surface area contributed by atoms with Crippen LogP contribution in [0.1, 0.15) is 72.9 Å². The minimum absolute atomic E-state index is 0.0829. The number of aromatic hydroxyl groups is 3. The fourth-order valence-corrected chi connectivity index (χ4v) is 7.93. The predicted molar refractivity (Wildman–Crippen MR) is 169 cm³/mol. The van der Waals surface area contributed by atoms with E-state index in [2.05, 4.69) is 23.6 Å². The van der Waals surface area contributed by atoms with Gasteiger partial charge in [0.05, 0.1) is 38.2 Å². The Bertz CT molecular complexity index is 1430. The lowest BCUT2D eigenvalue weighted by Crippen LogP contribution is -2.45. The fraction of sp³-hybridized carbons (Fsp3) is 0.559. The number of hydrogen-bond donors (Lipinski definition) is 6. The van der Waals surface area contributed by atoms with Crippen LogP contribution in [0, 0.1) is 17.3 Å². The van der Waals surface area contributed by atoms with Crippen LogP contribution in [0.15, 0.2) is 30.3 Å². The van der Waals surface area contributed by atoms with Crippen LogP contribution in [0.2, 0.25) is 0 Å². The van der Waals surface area contributed by atoms with Crippen molar-refractivity contribution in [3.05, 3.63) is 47.0 Å². The van der Waals surface area contributed by atoms with E-state index in [1.54, 1.807) is 0 Å². The molecule has 0 spiro atoms. The molecular weight excluding hydrogens is 594 g/mol. The summed E-state index contributed by atoms with van der Waals surface area (Å²) in [5, 5.41) is 34.9. The van der Waals surface area contributed by atoms with E-state index in [-0.39, 0.29) is 56.0 Å². The first kappa shape index (κ1) is 33.5. The van der Waals surface area contributed by atoms with Gasteiger partial charge in [-0.3, -0.25) is 14.4 Å². The van der Waals surface area contributed by atoms with Gasteiger partial charge >= 0.3 is 0 Å². The molecule has 2 saturated carbocycles. The average molecular weight is 640 g/mol. The standard InChI is InChI=1S/C34H45N3O9/c1-34-12-10-23-22-5-3-21(38)18-20(22)2-4-24(23)25(34)6-9-28(34)46-14-11-29(40)36-13-15-44-16-17-45-19-30(41)37-26-7-8-27(39)31(32(26)42)33(35)43/h3,5,7-8,18,23-25,28,38-39,42H,2,4,6,9-17,19H2,1H3,(H2,35,43)(H,36,40)(H,37,41)/t23?,24?,25?,28-,34?/m1/s1. The van der Waals surface area contributed by atoms with Crippen LogP contribution in [-0.4, -0.2) is 78.7 Å². The number of ether oxygens (including phenoxy) is 3. The van der Waals surface area contributed by atoms with Crippen molar-refractivity contribution in [3.8, 4) is 17.2 Å². The van der Waals surface area contributed by atoms with Crippen LogP contribution in [0.4, 0.5) is 5.69 Å². The number of nitrogens with two attached hydrogens (primary N) is 1. The van der Waals surface area contributed by atoms with Gasteiger partial charge in [0.25, 0.3) is 5.91 Å². The lowest BCUT2D eigenvalue weighted by molar-refractivity contribution is -0.124. The molecule has 46 heavy (non-hydrogen) atoms. The van der Waals surface area contributed by atoms with Gasteiger partial charge in [-0.15, -0.1) is 0 Å². The molecule has 0 heterocycles. The van der Waals surface area contributed by atoms with Gasteiger partial charge in [0.1, 0.15) is 23.7 Å². The molecule has 3 amide bonds. The summed E-state index contributed by atoms with van der Waals surface area (Å²) in [5.74, 6) is -0.651. The molecule has 7 N–H and O–H groups in total. The van der Waals surface area contributed by atoms with Gasteiger partial charge in [0, 0.05) is 13.0 Å². The minimum Gasteiger partial charge on any atom is -0.508 e. The Kier molecular flexibility index (Phi) is 10.7. The molecule has 0 aliphatic heterocycles. The van der Waals surface area contributed by atoms with Crippen molar-refractivity contribution in [3.63, 3.8) is 0 Å². The van der Waals surface area contributed by atoms with Crippen LogP contribution < -0.4 is 16.4 Å². The highest BCUT2D eigenvalue weighted by atomic mass is 16.5. The summed E-state index contributed by atoms with van der Waals surface area (Å²) in [6, 6.07) is 8.27. The van der Waals surface area contributed by atoms with E-state index in [1.165, 1.54) is 17.2 Å². The molecule has 3 aliphatic carbocycles. The van der Waals surface area contributed by atoms with E-state index in [0.29, 0.717) is 36.7 Å². The summed E-state index contributed by atoms with van der Waals surface area (Å²) in [5.41, 5.74) is 7.42. The third kappa shape index (κ3) is 7.40. The summed E-state index contributed by atoms with van der Waals surface area (Å²) >= 11 is 0. The van der Waals surface area contributed by atoms with Crippen molar-refractivity contribution in [2.24, 2.45) is 23.0 Å². The normalized spacial score (nSPS) is 24.8. The molecule has 5 rings (SSSR count). The first-order chi connectivity index (χ1) is 22.1. The van der Waals surface area contributed by atoms with E-state index >= 15 is 0 Å². The van der Waals surface area contributed by atoms with Gasteiger partial charge in [-0.1, -0.05) is 13.0 Å². The Hall–Kier alpha value is -3.87. The zero-order valence-corrected chi connectivity index (χ0v) is 26.3. The molecule has 250 valence electrons. The number of phenolic OH excluding ortho intramolecular Hbond substituents is 1. The SMILES string of the molecule is CC12CCC3c4ccc(O)cc4CCC3C1CC[C@H]2OCCC(=O)NCCOCCOCC(=O)Nc1ccc(O)c(C(N)=O)c1O. The highest BCUT2D eigenvalue weighted by molar-refractivity contribution is 6.02. The number of fused-ring (bicyclic) bond motifs is 5. The molecule has 2 fully saturated rings. The second kappa shape index (κ2) is 14.7. The van der Waals surface area contributed by atoms with Crippen molar-refractivity contribution in [2.75, 3.05) is 44.9 Å². The molecule has 0 bridgehead atoms. The second-order valence-electron chi connectivity index (χ2n) is 12.8. The summed E-state index contributed by atoms with van der Waals surface area (Å²) in [6.45, 7) is 3.40. The van der Waals surface area contributed by atoms with Crippen LogP contribution in [-0.2, 0) is 30.2 Å². The smallest absolute Gasteiger partial charge is 0.256 e. The van der Waals surface area contributed by atoms with Gasteiger partial charge in [-0.25, -0.2) is 0 Å². The molecule has 0 radical (unpaired) electrons. The first-order valence-electron chi connectivity index (χ1n) is 16.1. The second-order valence-corrected chi connectivity index (χ2v) is 12.8. The molecule has 0 aromatic heterocycles. The van der Waals surface area contributed by atoms with Crippen LogP contribution in [0.25, 0.3) is 0 Å². The summed E-state index contributed by atoms with van der Waals surface area (Å²) in [6.07, 6.45) is 7.07. The maximum Gasteiger partial charge on any atom is 0.256 e. The number of primary amides is 1. The predicted octanol–water partition coefficient (Wildman–Crippen LogP) is 3.32. The number of amides is 3. The molecule has 0 saturated heterocycles. The van der Waals surface area contributed by atoms with Gasteiger partial charge in [-0.2, -0.15) is 0 Å². The van der Waals surface area contributed by atoms with Gasteiger partial charge in [0.15, 0.2) is 5.75 Å². The molecule has 4 unspecified atom stereocenters. The molecule has 5 atom stereocenters. The number of nitrogens with one attached hydrogen (secondary N) is 2. The van der Waals surface area contributed by atoms with Crippen LogP contribution in [0.3, 0.4) is 0 Å². The summed E-state index contributed by atoms with van der Waals surface area (Å²) in [7, 11) is 0. The van der Waals surface area contributed by atoms with Crippen molar-refractivity contribution >= 4 is 23.4 Å². The highest BCUT2D eigenvalue weighted by Crippen LogP contribution is 2.61. The van der Waals surface area contributed by atoms with Crippen molar-refractivity contribution in [1.29, 1.82) is 0 Å². The number of rotatable bonds is 14. The summed E-state index contributed by atoms with van der Waals surface area (Å²) < 4.78 is 17.1. The molecule has 12 nitrogen and oxygen atoms in total. The zero-order valence-electron chi connectivity index (χ0n) is 26.3. The lowest BCUT2D eigenvalue weighted by atomic mass is 9.55. The fourth-order valence-electron chi connectivity index (χ4n) is 7.93. The molecule has 3 aliphatic rings. The zero-order chi connectivity index (χ0) is 32.8. The van der Waals surface area contributed by atoms with Crippen LogP contribution >= 0.6 is 0 Å². The number of carbonyl (C=O) groups is 3. The third-order valence-electron chi connectivity index (χ3n) is 10.1. The highest BCUT2D eigenvalue weighted by Gasteiger charge is 2.55. The topological polar surface area (TPSA) is 190 Å². The Morgan fingerprint density at radius 2 is 1.76 bits per heavy atom. The van der Waals surface area contributed by atoms with Gasteiger partial charge in [0.2, 0.25) is 11.8 Å². The van der Waals surface area contributed by atoms with E-state index in [9.17, 15) is 29.7 Å². The van der Waals surface area contributed by atoms with E-state index in [0.717, 1.165) is 44.6 Å². The van der Waals surface area contributed by atoms with Gasteiger partial charge < -0.3 is 45.9 Å². The Labute approximate surface area is 268 Å². The number of carbonyl (C=O) groups excluding carboxylic acids is 3. The van der Waals surface area contributed by atoms with Gasteiger partial charge in [-0.05, 0) is 97.1 Å². The number of hydrogen-bond acceptors (Lipinski definition) is 9. The largest absolute Gasteiger partial charge is 0.508 e. The molecule has 2 aromatic carbocycles. The van der Waals surface area contributed by atoms with Crippen molar-refractivity contribution in [2.45, 2.75) is 63.9 Å². The molecular formula is C34H45N3O9. The number of benzene rings is 2. The van der Waals surface area contributed by atoms with Crippen molar-refractivity contribution < 1.29 is 43.9 Å². The Morgan fingerprint density at radius 3 is 2.57 bits per heavy atom. The first-order valence-corrected chi connectivity index (χ1v) is 16.1. The van der Waals surface area contributed by atoms with Crippen molar-refractivity contribution in [1.82, 2.24) is 5.32 Å². The quantitative estimate of drug-likeness (QED) is 0.102. The maximum atomic E-state index is 12.4. The number of phenols is 3. The Morgan fingerprint density at radius 1 is 0.957 bits per heavy atom. The number of anilines is 1. The molecule has 12 heteroatoms. The number of aryl methyl sites for hydroxylation is 1. The lowest BCUT2D eigenvalue weighted by Gasteiger charge is -2.50. The summed E-state index contributed by atoms with van der Waals surface area (Å²) in [4.78, 5) is 35.8. The monoisotopic (exact) mass is 639 g/mol. The average Bonchev–Trinajstić information content (AvgIpc) is 3.35. The molecule has 2 aromatic rings. The Balaban J connectivity index is 0.925. The minimum atomic E-state index is -1.03. The van der Waals surface area contributed by atoms with E-state index in [1.807, 2.05) is 12.1 Å².